The summed E-state index contributed by atoms with van der Waals surface area (Å²) >= 11 is 0. The van der Waals surface area contributed by atoms with Gasteiger partial charge in [0.05, 0.1) is 0 Å². The molecule has 0 spiro atoms. The van der Waals surface area contributed by atoms with Gasteiger partial charge in [0.2, 0.25) is 0 Å². The van der Waals surface area contributed by atoms with E-state index < -0.39 is 0 Å². The predicted octanol–water partition coefficient (Wildman–Crippen LogP) is 3.81. The van der Waals surface area contributed by atoms with Crippen LogP contribution in [0.3, 0.4) is 0 Å². The van der Waals surface area contributed by atoms with Crippen molar-refractivity contribution in [2.24, 2.45) is 11.8 Å². The van der Waals surface area contributed by atoms with Gasteiger partial charge in [-0.3, -0.25) is 0 Å². The molecule has 0 amide bonds. The van der Waals surface area contributed by atoms with Gasteiger partial charge in [0.15, 0.2) is 0 Å². The largest absolute Gasteiger partial charge is 0.354 e. The van der Waals surface area contributed by atoms with E-state index in [1.165, 1.54) is 31.2 Å². The molecular weight excluding hydrogens is 220 g/mol. The Morgan fingerprint density at radius 1 is 1.33 bits per heavy atom. The molecule has 1 aromatic rings. The molecule has 0 aromatic carbocycles. The molecule has 0 bridgehead atoms. The summed E-state index contributed by atoms with van der Waals surface area (Å²) in [7, 11) is 0. The van der Waals surface area contributed by atoms with Crippen molar-refractivity contribution in [3.63, 3.8) is 0 Å². The average Bonchev–Trinajstić information content (AvgIpc) is 2.76. The second kappa shape index (κ2) is 6.42. The molecule has 18 heavy (non-hydrogen) atoms. The summed E-state index contributed by atoms with van der Waals surface area (Å²) in [6.45, 7) is 9.17. The Labute approximate surface area is 112 Å². The third kappa shape index (κ3) is 3.61. The van der Waals surface area contributed by atoms with Crippen LogP contribution in [0.5, 0.6) is 0 Å². The molecular formula is C16H28N2. The van der Waals surface area contributed by atoms with Crippen LogP contribution in [0.2, 0.25) is 0 Å². The van der Waals surface area contributed by atoms with Crippen LogP contribution in [-0.2, 0) is 13.1 Å². The van der Waals surface area contributed by atoms with Crippen LogP contribution in [0.25, 0.3) is 0 Å². The third-order valence-electron chi connectivity index (χ3n) is 4.29. The molecule has 1 aromatic heterocycles. The minimum absolute atomic E-state index is 0.718. The smallest absolute Gasteiger partial charge is 0.0223 e. The molecule has 2 nitrogen and oxygen atoms in total. The summed E-state index contributed by atoms with van der Waals surface area (Å²) in [4.78, 5) is 0. The molecule has 0 aliphatic heterocycles. The SMILES string of the molecule is CCCn1ccc(CNC2CCC(C)CC2C)c1. The standard InChI is InChI=1S/C16H28N2/c1-4-8-18-9-7-15(12-18)11-17-16-6-5-13(2)10-14(16)3/h7,9,12-14,16-17H,4-6,8,10-11H2,1-3H3. The Kier molecular flexibility index (Phi) is 4.87. The van der Waals surface area contributed by atoms with Crippen molar-refractivity contribution in [2.75, 3.05) is 0 Å². The molecule has 2 heteroatoms. The van der Waals surface area contributed by atoms with Crippen LogP contribution in [0, 0.1) is 11.8 Å². The van der Waals surface area contributed by atoms with Crippen molar-refractivity contribution in [3.05, 3.63) is 24.0 Å². The van der Waals surface area contributed by atoms with Gasteiger partial charge < -0.3 is 9.88 Å². The molecule has 1 heterocycles. The van der Waals surface area contributed by atoms with Crippen molar-refractivity contribution in [1.82, 2.24) is 9.88 Å². The van der Waals surface area contributed by atoms with Gasteiger partial charge in [0.25, 0.3) is 0 Å². The van der Waals surface area contributed by atoms with Crippen LogP contribution in [0.15, 0.2) is 18.5 Å². The molecule has 3 atom stereocenters. The summed E-state index contributed by atoms with van der Waals surface area (Å²) in [6, 6.07) is 2.97. The highest BCUT2D eigenvalue weighted by Crippen LogP contribution is 2.28. The van der Waals surface area contributed by atoms with Crippen molar-refractivity contribution in [3.8, 4) is 0 Å². The minimum Gasteiger partial charge on any atom is -0.354 e. The first-order valence-corrected chi connectivity index (χ1v) is 7.57. The quantitative estimate of drug-likeness (QED) is 0.838. The highest BCUT2D eigenvalue weighted by molar-refractivity contribution is 5.10. The van der Waals surface area contributed by atoms with Crippen molar-refractivity contribution in [2.45, 2.75) is 65.6 Å². The molecule has 0 radical (unpaired) electrons. The maximum absolute atomic E-state index is 3.75. The first-order valence-electron chi connectivity index (χ1n) is 7.57. The number of aromatic nitrogens is 1. The summed E-state index contributed by atoms with van der Waals surface area (Å²) in [5, 5.41) is 3.75. The zero-order valence-electron chi connectivity index (χ0n) is 12.2. The van der Waals surface area contributed by atoms with Gasteiger partial charge in [-0.25, -0.2) is 0 Å². The van der Waals surface area contributed by atoms with Crippen LogP contribution in [-0.4, -0.2) is 10.6 Å². The lowest BCUT2D eigenvalue weighted by atomic mass is 9.80. The number of hydrogen-bond acceptors (Lipinski definition) is 1. The van der Waals surface area contributed by atoms with E-state index in [0.29, 0.717) is 0 Å². The fourth-order valence-corrected chi connectivity index (χ4v) is 3.21. The lowest BCUT2D eigenvalue weighted by Crippen LogP contribution is -2.38. The fourth-order valence-electron chi connectivity index (χ4n) is 3.21. The molecule has 3 unspecified atom stereocenters. The molecule has 102 valence electrons. The number of aryl methyl sites for hydroxylation is 1. The van der Waals surface area contributed by atoms with E-state index in [1.54, 1.807) is 0 Å². The molecule has 1 aliphatic carbocycles. The van der Waals surface area contributed by atoms with Gasteiger partial charge in [0, 0.05) is 31.5 Å². The minimum atomic E-state index is 0.718. The van der Waals surface area contributed by atoms with Crippen molar-refractivity contribution >= 4 is 0 Å². The summed E-state index contributed by atoms with van der Waals surface area (Å²) in [5.74, 6) is 1.75. The van der Waals surface area contributed by atoms with E-state index in [4.69, 9.17) is 0 Å². The molecule has 1 fully saturated rings. The Hall–Kier alpha value is -0.760. The van der Waals surface area contributed by atoms with E-state index in [0.717, 1.165) is 31.0 Å². The highest BCUT2D eigenvalue weighted by atomic mass is 15.0. The maximum atomic E-state index is 3.75. The second-order valence-corrected chi connectivity index (χ2v) is 6.14. The lowest BCUT2D eigenvalue weighted by Gasteiger charge is -2.33. The normalized spacial score (nSPS) is 28.5. The van der Waals surface area contributed by atoms with Gasteiger partial charge in [-0.2, -0.15) is 0 Å². The first kappa shape index (κ1) is 13.7. The van der Waals surface area contributed by atoms with E-state index in [-0.39, 0.29) is 0 Å². The lowest BCUT2D eigenvalue weighted by molar-refractivity contribution is 0.227. The van der Waals surface area contributed by atoms with Crippen molar-refractivity contribution < 1.29 is 0 Å². The summed E-state index contributed by atoms with van der Waals surface area (Å²) in [5.41, 5.74) is 1.43. The summed E-state index contributed by atoms with van der Waals surface area (Å²) < 4.78 is 2.30. The predicted molar refractivity (Wildman–Crippen MR) is 77.5 cm³/mol. The maximum Gasteiger partial charge on any atom is 0.0223 e. The van der Waals surface area contributed by atoms with Gasteiger partial charge in [-0.05, 0) is 49.1 Å². The Morgan fingerprint density at radius 3 is 2.89 bits per heavy atom. The molecule has 1 saturated carbocycles. The van der Waals surface area contributed by atoms with E-state index >= 15 is 0 Å². The molecule has 0 saturated heterocycles. The Bertz CT molecular complexity index is 356. The molecule has 2 rings (SSSR count). The Balaban J connectivity index is 1.79. The van der Waals surface area contributed by atoms with Gasteiger partial charge in [-0.1, -0.05) is 20.8 Å². The van der Waals surface area contributed by atoms with Gasteiger partial charge in [0.1, 0.15) is 0 Å². The van der Waals surface area contributed by atoms with Gasteiger partial charge >= 0.3 is 0 Å². The third-order valence-corrected chi connectivity index (χ3v) is 4.29. The van der Waals surface area contributed by atoms with Crippen LogP contribution >= 0.6 is 0 Å². The average molecular weight is 248 g/mol. The zero-order chi connectivity index (χ0) is 13.0. The fraction of sp³-hybridized carbons (Fsp3) is 0.750. The van der Waals surface area contributed by atoms with Crippen LogP contribution in [0.1, 0.15) is 52.0 Å². The number of nitrogens with zero attached hydrogens (tertiary/aromatic N) is 1. The van der Waals surface area contributed by atoms with E-state index in [1.807, 2.05) is 0 Å². The topological polar surface area (TPSA) is 17.0 Å². The number of hydrogen-bond donors (Lipinski definition) is 1. The van der Waals surface area contributed by atoms with E-state index in [2.05, 4.69) is 49.1 Å². The molecule has 1 aliphatic rings. The van der Waals surface area contributed by atoms with Crippen molar-refractivity contribution in [1.29, 1.82) is 0 Å². The highest BCUT2D eigenvalue weighted by Gasteiger charge is 2.24. The van der Waals surface area contributed by atoms with Crippen LogP contribution in [0.4, 0.5) is 0 Å². The zero-order valence-corrected chi connectivity index (χ0v) is 12.2. The monoisotopic (exact) mass is 248 g/mol. The molecule has 1 N–H and O–H groups in total. The van der Waals surface area contributed by atoms with Gasteiger partial charge in [-0.15, -0.1) is 0 Å². The summed E-state index contributed by atoms with van der Waals surface area (Å²) in [6.07, 6.45) is 9.81. The Morgan fingerprint density at radius 2 is 2.17 bits per heavy atom. The second-order valence-electron chi connectivity index (χ2n) is 6.14. The number of nitrogens with one attached hydrogen (secondary N) is 1. The van der Waals surface area contributed by atoms with Crippen LogP contribution < -0.4 is 5.32 Å². The number of rotatable bonds is 5. The van der Waals surface area contributed by atoms with E-state index in [9.17, 15) is 0 Å². The first-order chi connectivity index (χ1) is 8.69.